The van der Waals surface area contributed by atoms with E-state index in [2.05, 4.69) is 22.2 Å². The molecule has 1 aromatic carbocycles. The monoisotopic (exact) mass is 479 g/mol. The van der Waals surface area contributed by atoms with E-state index in [1.807, 2.05) is 0 Å². The van der Waals surface area contributed by atoms with Gasteiger partial charge in [0.2, 0.25) is 0 Å². The highest BCUT2D eigenvalue weighted by atomic mass is 32.1. The number of hydrogen-bond acceptors (Lipinski definition) is 6. The fraction of sp³-hybridized carbons (Fsp3) is 0.417. The Bertz CT molecular complexity index is 1020. The van der Waals surface area contributed by atoms with Gasteiger partial charge in [0.1, 0.15) is 11.5 Å². The molecular weight excluding hydrogens is 451 g/mol. The minimum Gasteiger partial charge on any atom is -0.495 e. The quantitative estimate of drug-likeness (QED) is 0.270. The average Bonchev–Trinajstić information content (AvgIpc) is 3.27. The van der Waals surface area contributed by atoms with Gasteiger partial charge in [0.25, 0.3) is 0 Å². The lowest BCUT2D eigenvalue weighted by atomic mass is 10.1. The highest BCUT2D eigenvalue weighted by molar-refractivity contribution is 7.14. The molecule has 178 valence electrons. The fourth-order valence-corrected chi connectivity index (χ4v) is 4.02. The molecule has 9 heteroatoms. The molecule has 2 aromatic heterocycles. The standard InChI is InChI=1S/C24H28F3N3O2S/c1-3-4-5-6-7-8-11-32-22-10-9-18(13-20(22)24(25,26)27)29-23-30-21(16-33-23)17-12-19(31-2)15-28-14-17/h9-10,12-16H,3-8,11H2,1-2H3,(H,29,30). The van der Waals surface area contributed by atoms with Crippen LogP contribution in [-0.4, -0.2) is 23.7 Å². The predicted molar refractivity (Wildman–Crippen MR) is 125 cm³/mol. The summed E-state index contributed by atoms with van der Waals surface area (Å²) in [4.78, 5) is 8.56. The number of unbranched alkanes of at least 4 members (excludes halogenated alkanes) is 5. The van der Waals surface area contributed by atoms with E-state index >= 15 is 0 Å². The fourth-order valence-electron chi connectivity index (χ4n) is 3.28. The van der Waals surface area contributed by atoms with E-state index < -0.39 is 11.7 Å². The van der Waals surface area contributed by atoms with E-state index in [0.29, 0.717) is 22.3 Å². The molecule has 2 heterocycles. The Morgan fingerprint density at radius 2 is 1.82 bits per heavy atom. The molecule has 0 aliphatic carbocycles. The highest BCUT2D eigenvalue weighted by Gasteiger charge is 2.34. The topological polar surface area (TPSA) is 56.3 Å². The number of halogens is 3. The van der Waals surface area contributed by atoms with Gasteiger partial charge in [-0.05, 0) is 30.7 Å². The lowest BCUT2D eigenvalue weighted by Crippen LogP contribution is -2.10. The molecule has 1 N–H and O–H groups in total. The number of rotatable bonds is 12. The second kappa shape index (κ2) is 11.9. The van der Waals surface area contributed by atoms with Crippen molar-refractivity contribution >= 4 is 22.2 Å². The van der Waals surface area contributed by atoms with Crippen LogP contribution in [0.25, 0.3) is 11.3 Å². The molecular formula is C24H28F3N3O2S. The Morgan fingerprint density at radius 3 is 2.58 bits per heavy atom. The van der Waals surface area contributed by atoms with Crippen molar-refractivity contribution < 1.29 is 22.6 Å². The summed E-state index contributed by atoms with van der Waals surface area (Å²) in [7, 11) is 1.55. The molecule has 5 nitrogen and oxygen atoms in total. The molecule has 0 fully saturated rings. The summed E-state index contributed by atoms with van der Waals surface area (Å²) >= 11 is 1.29. The van der Waals surface area contributed by atoms with Gasteiger partial charge in [-0.3, -0.25) is 4.98 Å². The molecule has 0 unspecified atom stereocenters. The van der Waals surface area contributed by atoms with Crippen LogP contribution in [-0.2, 0) is 6.18 Å². The van der Waals surface area contributed by atoms with Crippen molar-refractivity contribution in [1.82, 2.24) is 9.97 Å². The van der Waals surface area contributed by atoms with Gasteiger partial charge in [-0.2, -0.15) is 13.2 Å². The van der Waals surface area contributed by atoms with Crippen molar-refractivity contribution in [2.24, 2.45) is 0 Å². The van der Waals surface area contributed by atoms with Gasteiger partial charge in [0.15, 0.2) is 5.13 Å². The number of ether oxygens (including phenoxy) is 2. The molecule has 0 aliphatic heterocycles. The number of anilines is 2. The first kappa shape index (κ1) is 24.8. The number of benzene rings is 1. The first-order chi connectivity index (χ1) is 15.9. The van der Waals surface area contributed by atoms with E-state index in [1.54, 1.807) is 37.0 Å². The third kappa shape index (κ3) is 7.35. The van der Waals surface area contributed by atoms with E-state index in [4.69, 9.17) is 9.47 Å². The van der Waals surface area contributed by atoms with Crippen molar-refractivity contribution in [3.05, 3.63) is 47.6 Å². The predicted octanol–water partition coefficient (Wildman–Crippen LogP) is 7.72. The first-order valence-electron chi connectivity index (χ1n) is 11.0. The zero-order valence-corrected chi connectivity index (χ0v) is 19.6. The Balaban J connectivity index is 1.66. The lowest BCUT2D eigenvalue weighted by molar-refractivity contribution is -0.138. The Hall–Kier alpha value is -2.81. The number of methoxy groups -OCH3 is 1. The summed E-state index contributed by atoms with van der Waals surface area (Å²) in [6.45, 7) is 2.41. The molecule has 3 aromatic rings. The number of alkyl halides is 3. The molecule has 0 aliphatic rings. The Kier molecular flexibility index (Phi) is 8.94. The number of nitrogens with zero attached hydrogens (tertiary/aromatic N) is 2. The van der Waals surface area contributed by atoms with Gasteiger partial charge >= 0.3 is 6.18 Å². The molecule has 0 atom stereocenters. The smallest absolute Gasteiger partial charge is 0.420 e. The molecule has 0 amide bonds. The van der Waals surface area contributed by atoms with Gasteiger partial charge in [0, 0.05) is 22.8 Å². The zero-order chi connectivity index (χ0) is 23.7. The summed E-state index contributed by atoms with van der Waals surface area (Å²) in [5.41, 5.74) is 0.906. The van der Waals surface area contributed by atoms with Crippen LogP contribution < -0.4 is 14.8 Å². The summed E-state index contributed by atoms with van der Waals surface area (Å²) in [6.07, 6.45) is 4.98. The maximum absolute atomic E-state index is 13.6. The van der Waals surface area contributed by atoms with Crippen LogP contribution in [0, 0.1) is 0 Å². The second-order valence-corrected chi connectivity index (χ2v) is 8.46. The summed E-state index contributed by atoms with van der Waals surface area (Å²) in [5.74, 6) is 0.449. The molecule has 0 spiro atoms. The van der Waals surface area contributed by atoms with Crippen LogP contribution in [0.2, 0.25) is 0 Å². The highest BCUT2D eigenvalue weighted by Crippen LogP contribution is 2.39. The van der Waals surface area contributed by atoms with Crippen molar-refractivity contribution in [2.75, 3.05) is 19.0 Å². The molecule has 0 radical (unpaired) electrons. The van der Waals surface area contributed by atoms with Crippen LogP contribution in [0.4, 0.5) is 24.0 Å². The number of nitrogens with one attached hydrogen (secondary N) is 1. The Morgan fingerprint density at radius 1 is 1.03 bits per heavy atom. The van der Waals surface area contributed by atoms with Crippen LogP contribution in [0.15, 0.2) is 42.0 Å². The SMILES string of the molecule is CCCCCCCCOc1ccc(Nc2nc(-c3cncc(OC)c3)cs2)cc1C(F)(F)F. The molecule has 0 saturated carbocycles. The minimum absolute atomic E-state index is 0.149. The van der Waals surface area contributed by atoms with Crippen molar-refractivity contribution in [2.45, 2.75) is 51.6 Å². The molecule has 3 rings (SSSR count). The maximum Gasteiger partial charge on any atom is 0.420 e. The van der Waals surface area contributed by atoms with Gasteiger partial charge in [0.05, 0.1) is 31.2 Å². The van der Waals surface area contributed by atoms with E-state index in [9.17, 15) is 13.2 Å². The summed E-state index contributed by atoms with van der Waals surface area (Å²) in [5, 5.41) is 5.24. The largest absolute Gasteiger partial charge is 0.495 e. The maximum atomic E-state index is 13.6. The zero-order valence-electron chi connectivity index (χ0n) is 18.7. The van der Waals surface area contributed by atoms with Crippen molar-refractivity contribution in [1.29, 1.82) is 0 Å². The molecule has 0 saturated heterocycles. The minimum atomic E-state index is -4.52. The third-order valence-corrected chi connectivity index (χ3v) is 5.80. The normalized spacial score (nSPS) is 11.4. The second-order valence-electron chi connectivity index (χ2n) is 7.60. The molecule has 33 heavy (non-hydrogen) atoms. The number of pyridine rings is 1. The summed E-state index contributed by atoms with van der Waals surface area (Å²) in [6, 6.07) is 5.79. The van der Waals surface area contributed by atoms with Gasteiger partial charge < -0.3 is 14.8 Å². The third-order valence-electron chi connectivity index (χ3n) is 5.04. The number of thiazole rings is 1. The van der Waals surface area contributed by atoms with Crippen LogP contribution >= 0.6 is 11.3 Å². The summed E-state index contributed by atoms with van der Waals surface area (Å²) < 4.78 is 51.6. The molecule has 0 bridgehead atoms. The van der Waals surface area contributed by atoms with Crippen molar-refractivity contribution in [3.8, 4) is 22.8 Å². The van der Waals surface area contributed by atoms with Crippen LogP contribution in [0.1, 0.15) is 51.0 Å². The van der Waals surface area contributed by atoms with Gasteiger partial charge in [-0.1, -0.05) is 39.0 Å². The first-order valence-corrected chi connectivity index (χ1v) is 11.8. The van der Waals surface area contributed by atoms with E-state index in [1.165, 1.54) is 23.8 Å². The van der Waals surface area contributed by atoms with Crippen molar-refractivity contribution in [3.63, 3.8) is 0 Å². The van der Waals surface area contributed by atoms with Crippen LogP contribution in [0.3, 0.4) is 0 Å². The van der Waals surface area contributed by atoms with E-state index in [-0.39, 0.29) is 12.4 Å². The number of hydrogen-bond donors (Lipinski definition) is 1. The average molecular weight is 480 g/mol. The van der Waals surface area contributed by atoms with Crippen LogP contribution in [0.5, 0.6) is 11.5 Å². The number of aromatic nitrogens is 2. The Labute approximate surface area is 196 Å². The lowest BCUT2D eigenvalue weighted by Gasteiger charge is -2.15. The van der Waals surface area contributed by atoms with E-state index in [0.717, 1.165) is 43.7 Å². The van der Waals surface area contributed by atoms with Gasteiger partial charge in [-0.15, -0.1) is 11.3 Å². The van der Waals surface area contributed by atoms with Gasteiger partial charge in [-0.25, -0.2) is 4.98 Å².